The monoisotopic (exact) mass is 511 g/mol. The van der Waals surface area contributed by atoms with E-state index < -0.39 is 15.9 Å². The number of carbonyl (C=O) groups excluding carboxylic acids is 1. The molecular weight excluding hydrogens is 486 g/mol. The summed E-state index contributed by atoms with van der Waals surface area (Å²) in [5.41, 5.74) is 1.13. The topological polar surface area (TPSA) is 129 Å². The van der Waals surface area contributed by atoms with Gasteiger partial charge in [0.25, 0.3) is 5.91 Å². The summed E-state index contributed by atoms with van der Waals surface area (Å²) in [5.74, 6) is 0.211. The van der Waals surface area contributed by atoms with Crippen molar-refractivity contribution in [1.82, 2.24) is 8.87 Å². The second kappa shape index (κ2) is 11.8. The van der Waals surface area contributed by atoms with Gasteiger partial charge in [-0.3, -0.25) is 4.79 Å². The molecule has 0 aliphatic heterocycles. The Labute approximate surface area is 208 Å². The molecule has 0 saturated carbocycles. The average Bonchev–Trinajstić information content (AvgIpc) is 3.21. The first-order valence-electron chi connectivity index (χ1n) is 11.0. The number of hydrogen-bond donors (Lipinski definition) is 0. The molecule has 0 unspecified atom stereocenters. The molecule has 2 aromatic carbocycles. The molecule has 0 radical (unpaired) electrons. The summed E-state index contributed by atoms with van der Waals surface area (Å²) in [6.07, 6.45) is 0.863. The largest absolute Gasteiger partial charge is 0.495 e. The summed E-state index contributed by atoms with van der Waals surface area (Å²) in [6, 6.07) is 15.1. The number of rotatable bonds is 10. The molecule has 11 heteroatoms. The maximum absolute atomic E-state index is 13.0. The van der Waals surface area contributed by atoms with Crippen LogP contribution in [0.2, 0.25) is 0 Å². The highest BCUT2D eigenvalue weighted by atomic mass is 32.2. The van der Waals surface area contributed by atoms with E-state index in [2.05, 4.69) is 4.99 Å². The molecular formula is C24H25N5O4S2. The molecule has 0 bridgehead atoms. The minimum absolute atomic E-state index is 0.0106. The lowest BCUT2D eigenvalue weighted by molar-refractivity contribution is 0.0997. The molecule has 3 aromatic rings. The Kier molecular flexibility index (Phi) is 8.77. The fourth-order valence-corrected chi connectivity index (χ4v) is 6.06. The molecule has 0 atom stereocenters. The average molecular weight is 512 g/mol. The van der Waals surface area contributed by atoms with Crippen molar-refractivity contribution in [3.63, 3.8) is 0 Å². The van der Waals surface area contributed by atoms with E-state index in [0.717, 1.165) is 20.9 Å². The van der Waals surface area contributed by atoms with Crippen molar-refractivity contribution < 1.29 is 17.9 Å². The van der Waals surface area contributed by atoms with Crippen molar-refractivity contribution >= 4 is 37.5 Å². The predicted octanol–water partition coefficient (Wildman–Crippen LogP) is 3.68. The first-order chi connectivity index (χ1) is 16.9. The first kappa shape index (κ1) is 26.1. The van der Waals surface area contributed by atoms with E-state index in [-0.39, 0.29) is 36.4 Å². The van der Waals surface area contributed by atoms with Gasteiger partial charge in [0.05, 0.1) is 28.8 Å². The summed E-state index contributed by atoms with van der Waals surface area (Å²) in [7, 11) is -2.31. The molecule has 0 N–H and O–H groups in total. The third-order valence-corrected chi connectivity index (χ3v) is 8.17. The number of aryl methyl sites for hydroxylation is 1. The third kappa shape index (κ3) is 5.77. The second-order valence-electron chi connectivity index (χ2n) is 7.50. The minimum atomic E-state index is -3.91. The maximum Gasteiger partial charge on any atom is 0.279 e. The van der Waals surface area contributed by atoms with Gasteiger partial charge in [-0.2, -0.15) is 19.8 Å². The van der Waals surface area contributed by atoms with Gasteiger partial charge in [-0.25, -0.2) is 8.42 Å². The van der Waals surface area contributed by atoms with Crippen LogP contribution in [0.5, 0.6) is 5.75 Å². The Morgan fingerprint density at radius 1 is 1.11 bits per heavy atom. The van der Waals surface area contributed by atoms with Gasteiger partial charge < -0.3 is 9.30 Å². The quantitative estimate of drug-likeness (QED) is 0.408. The molecule has 0 aliphatic carbocycles. The van der Waals surface area contributed by atoms with Gasteiger partial charge in [0.1, 0.15) is 11.3 Å². The summed E-state index contributed by atoms with van der Waals surface area (Å²) in [6.45, 7) is 2.67. The van der Waals surface area contributed by atoms with Crippen LogP contribution in [0, 0.1) is 22.7 Å². The van der Waals surface area contributed by atoms with Crippen molar-refractivity contribution in [2.45, 2.75) is 37.6 Å². The van der Waals surface area contributed by atoms with E-state index in [1.165, 1.54) is 35.6 Å². The van der Waals surface area contributed by atoms with E-state index >= 15 is 0 Å². The Morgan fingerprint density at radius 3 is 2.34 bits per heavy atom. The zero-order valence-corrected chi connectivity index (χ0v) is 21.1. The Balaban J connectivity index is 1.95. The highest BCUT2D eigenvalue weighted by Gasteiger charge is 2.24. The minimum Gasteiger partial charge on any atom is -0.495 e. The van der Waals surface area contributed by atoms with Crippen LogP contribution in [0.15, 0.2) is 52.4 Å². The van der Waals surface area contributed by atoms with Crippen LogP contribution >= 0.6 is 11.3 Å². The Bertz CT molecular complexity index is 1440. The van der Waals surface area contributed by atoms with Crippen molar-refractivity contribution in [3.05, 3.63) is 52.8 Å². The molecule has 1 heterocycles. The van der Waals surface area contributed by atoms with E-state index in [9.17, 15) is 13.2 Å². The van der Waals surface area contributed by atoms with Gasteiger partial charge in [0, 0.05) is 38.0 Å². The van der Waals surface area contributed by atoms with Gasteiger partial charge in [-0.15, -0.1) is 0 Å². The van der Waals surface area contributed by atoms with Crippen LogP contribution in [-0.4, -0.2) is 43.4 Å². The normalized spacial score (nSPS) is 12.0. The van der Waals surface area contributed by atoms with Gasteiger partial charge >= 0.3 is 0 Å². The van der Waals surface area contributed by atoms with Crippen LogP contribution < -0.4 is 9.54 Å². The van der Waals surface area contributed by atoms with Gasteiger partial charge in [-0.05, 0) is 42.8 Å². The number of hydrogen-bond acceptors (Lipinski definition) is 7. The van der Waals surface area contributed by atoms with E-state index in [1.807, 2.05) is 41.8 Å². The third-order valence-electron chi connectivity index (χ3n) is 5.21. The highest BCUT2D eigenvalue weighted by molar-refractivity contribution is 7.89. The van der Waals surface area contributed by atoms with Crippen molar-refractivity contribution in [3.8, 4) is 17.9 Å². The smallest absolute Gasteiger partial charge is 0.279 e. The van der Waals surface area contributed by atoms with Crippen LogP contribution in [0.3, 0.4) is 0 Å². The maximum atomic E-state index is 13.0. The summed E-state index contributed by atoms with van der Waals surface area (Å²) in [5, 5.41) is 17.7. The fourth-order valence-electron chi connectivity index (χ4n) is 3.55. The molecule has 9 nitrogen and oxygen atoms in total. The number of nitriles is 2. The molecule has 1 amide bonds. The zero-order valence-electron chi connectivity index (χ0n) is 19.5. The lowest BCUT2D eigenvalue weighted by Crippen LogP contribution is -2.32. The number of para-hydroxylation sites is 1. The Morgan fingerprint density at radius 2 is 1.77 bits per heavy atom. The van der Waals surface area contributed by atoms with Crippen LogP contribution in [0.4, 0.5) is 0 Å². The SMILES string of the molecule is CCCn1c(=NC(=O)c2ccc(S(=O)(=O)N(CCC#N)CCC#N)cc2)sc2cccc(OC)c21. The molecule has 1 aromatic heterocycles. The number of thiazole rings is 1. The fraction of sp³-hybridized carbons (Fsp3) is 0.333. The lowest BCUT2D eigenvalue weighted by Gasteiger charge is -2.20. The molecule has 0 fully saturated rings. The number of nitrogens with zero attached hydrogens (tertiary/aromatic N) is 5. The molecule has 35 heavy (non-hydrogen) atoms. The molecule has 0 saturated heterocycles. The first-order valence-corrected chi connectivity index (χ1v) is 13.2. The molecule has 182 valence electrons. The predicted molar refractivity (Wildman–Crippen MR) is 132 cm³/mol. The van der Waals surface area contributed by atoms with E-state index in [1.54, 1.807) is 7.11 Å². The summed E-state index contributed by atoms with van der Waals surface area (Å²) >= 11 is 1.38. The van der Waals surface area contributed by atoms with Gasteiger partial charge in [0.15, 0.2) is 4.80 Å². The number of aromatic nitrogens is 1. The zero-order chi connectivity index (χ0) is 25.4. The number of fused-ring (bicyclic) bond motifs is 1. The summed E-state index contributed by atoms with van der Waals surface area (Å²) < 4.78 is 35.5. The van der Waals surface area contributed by atoms with E-state index in [4.69, 9.17) is 15.3 Å². The number of methoxy groups -OCH3 is 1. The van der Waals surface area contributed by atoms with Crippen LogP contribution in [0.1, 0.15) is 36.5 Å². The van der Waals surface area contributed by atoms with Crippen molar-refractivity contribution in [2.24, 2.45) is 4.99 Å². The number of carbonyl (C=O) groups is 1. The standard InChI is InChI=1S/C24H25N5O4S2/c1-3-15-29-22-20(33-2)7-4-8-21(22)34-24(29)27-23(30)18-9-11-19(12-10-18)35(31,32)28(16-5-13-25)17-6-14-26/h4,7-12H,3,5-6,15-17H2,1-2H3. The lowest BCUT2D eigenvalue weighted by atomic mass is 10.2. The molecule has 0 spiro atoms. The number of amides is 1. The van der Waals surface area contributed by atoms with Gasteiger partial charge in [-0.1, -0.05) is 24.3 Å². The van der Waals surface area contributed by atoms with E-state index in [0.29, 0.717) is 17.1 Å². The second-order valence-corrected chi connectivity index (χ2v) is 10.5. The highest BCUT2D eigenvalue weighted by Crippen LogP contribution is 2.27. The van der Waals surface area contributed by atoms with Crippen LogP contribution in [0.25, 0.3) is 10.2 Å². The molecule has 0 aliphatic rings. The number of benzene rings is 2. The number of sulfonamides is 1. The summed E-state index contributed by atoms with van der Waals surface area (Å²) in [4.78, 5) is 17.8. The van der Waals surface area contributed by atoms with Crippen LogP contribution in [-0.2, 0) is 16.6 Å². The van der Waals surface area contributed by atoms with Gasteiger partial charge in [0.2, 0.25) is 10.0 Å². The number of ether oxygens (including phenoxy) is 1. The molecule has 3 rings (SSSR count). The van der Waals surface area contributed by atoms with Crippen molar-refractivity contribution in [1.29, 1.82) is 10.5 Å². The van der Waals surface area contributed by atoms with Crippen molar-refractivity contribution in [2.75, 3.05) is 20.2 Å². The Hall–Kier alpha value is -3.51.